The van der Waals surface area contributed by atoms with Crippen LogP contribution in [-0.4, -0.2) is 28.4 Å². The predicted molar refractivity (Wildman–Crippen MR) is 107 cm³/mol. The van der Waals surface area contributed by atoms with E-state index in [-0.39, 0.29) is 16.5 Å². The van der Waals surface area contributed by atoms with Gasteiger partial charge in [-0.2, -0.15) is 23.4 Å². The quantitative estimate of drug-likeness (QED) is 0.485. The van der Waals surface area contributed by atoms with Crippen molar-refractivity contribution in [2.24, 2.45) is 4.99 Å². The third-order valence-corrected chi connectivity index (χ3v) is 4.19. The van der Waals surface area contributed by atoms with Crippen molar-refractivity contribution in [2.75, 3.05) is 11.9 Å². The number of hydrogen-bond donors (Lipinski definition) is 2. The van der Waals surface area contributed by atoms with Crippen molar-refractivity contribution in [1.29, 1.82) is 5.26 Å². The Balaban J connectivity index is 2.12. The van der Waals surface area contributed by atoms with Crippen molar-refractivity contribution in [3.63, 3.8) is 0 Å². The smallest absolute Gasteiger partial charge is 0.417 e. The second kappa shape index (κ2) is 9.24. The van der Waals surface area contributed by atoms with Crippen molar-refractivity contribution < 1.29 is 27.8 Å². The molecule has 30 heavy (non-hydrogen) atoms. The molecule has 2 aromatic rings. The van der Waals surface area contributed by atoms with E-state index in [9.17, 15) is 23.1 Å². The molecule has 0 bridgehead atoms. The van der Waals surface area contributed by atoms with Crippen LogP contribution in [0.15, 0.2) is 41.4 Å². The number of hydrogen-bond acceptors (Lipinski definition) is 6. The minimum Gasteiger partial charge on any atom is -0.490 e. The third kappa shape index (κ3) is 5.78. The number of aliphatic imine (C=N–C) groups is 1. The Morgan fingerprint density at radius 2 is 2.03 bits per heavy atom. The highest BCUT2D eigenvalue weighted by Gasteiger charge is 2.35. The summed E-state index contributed by atoms with van der Waals surface area (Å²) in [5.41, 5.74) is -3.77. The normalized spacial score (nSPS) is 12.8. The number of rotatable bonds is 6. The number of anilines is 1. The van der Waals surface area contributed by atoms with Crippen molar-refractivity contribution >= 4 is 46.3 Å². The SMILES string of the molecule is C[C@](O)(COc1ccc(N=C=S)c(Cl)c1)C(=O)Nc1ccc(C#N)c(C(F)(F)F)c1. The van der Waals surface area contributed by atoms with E-state index in [0.29, 0.717) is 11.8 Å². The number of carbonyl (C=O) groups excluding carboxylic acids is 1. The first-order chi connectivity index (χ1) is 14.0. The molecule has 2 aromatic carbocycles. The number of benzene rings is 2. The summed E-state index contributed by atoms with van der Waals surface area (Å²) >= 11 is 10.5. The number of nitrogens with zero attached hydrogens (tertiary/aromatic N) is 2. The zero-order chi connectivity index (χ0) is 22.5. The van der Waals surface area contributed by atoms with E-state index < -0.39 is 35.4 Å². The molecular formula is C19H13ClF3N3O3S. The van der Waals surface area contributed by atoms with Gasteiger partial charge in [-0.3, -0.25) is 4.79 Å². The first-order valence-electron chi connectivity index (χ1n) is 8.13. The molecule has 2 N–H and O–H groups in total. The van der Waals surface area contributed by atoms with Gasteiger partial charge < -0.3 is 15.2 Å². The largest absolute Gasteiger partial charge is 0.490 e. The van der Waals surface area contributed by atoms with Crippen molar-refractivity contribution in [3.8, 4) is 11.8 Å². The van der Waals surface area contributed by atoms with Crippen LogP contribution in [0, 0.1) is 11.3 Å². The van der Waals surface area contributed by atoms with Crippen LogP contribution in [0.3, 0.4) is 0 Å². The van der Waals surface area contributed by atoms with Gasteiger partial charge in [0.15, 0.2) is 5.60 Å². The number of thiocarbonyl (C=S) groups is 1. The average molecular weight is 456 g/mol. The molecule has 0 unspecified atom stereocenters. The molecule has 0 heterocycles. The summed E-state index contributed by atoms with van der Waals surface area (Å²) in [5, 5.41) is 23.7. The number of aliphatic hydroxyl groups is 1. The molecule has 0 spiro atoms. The number of carbonyl (C=O) groups is 1. The number of ether oxygens (including phenoxy) is 1. The van der Waals surface area contributed by atoms with Crippen molar-refractivity contribution in [1.82, 2.24) is 0 Å². The molecule has 11 heteroatoms. The minimum absolute atomic E-state index is 0.200. The summed E-state index contributed by atoms with van der Waals surface area (Å²) in [7, 11) is 0. The average Bonchev–Trinajstić information content (AvgIpc) is 2.67. The third-order valence-electron chi connectivity index (χ3n) is 3.80. The number of halogens is 4. The van der Waals surface area contributed by atoms with E-state index in [1.807, 2.05) is 0 Å². The molecule has 0 saturated carbocycles. The van der Waals surface area contributed by atoms with Gasteiger partial charge in [0.2, 0.25) is 0 Å². The number of nitrogens with one attached hydrogen (secondary N) is 1. The van der Waals surface area contributed by atoms with Gasteiger partial charge in [0.1, 0.15) is 12.4 Å². The first kappa shape index (κ1) is 23.3. The number of amides is 1. The maximum absolute atomic E-state index is 13.0. The lowest BCUT2D eigenvalue weighted by Gasteiger charge is -2.23. The lowest BCUT2D eigenvalue weighted by Crippen LogP contribution is -2.45. The highest BCUT2D eigenvalue weighted by molar-refractivity contribution is 7.78. The molecule has 0 aliphatic rings. The Kier molecular flexibility index (Phi) is 7.18. The van der Waals surface area contributed by atoms with Crippen LogP contribution in [0.25, 0.3) is 0 Å². The fourth-order valence-corrected chi connectivity index (χ4v) is 2.54. The lowest BCUT2D eigenvalue weighted by molar-refractivity contribution is -0.138. The summed E-state index contributed by atoms with van der Waals surface area (Å²) in [6, 6.07) is 8.45. The Labute approximate surface area is 179 Å². The van der Waals surface area contributed by atoms with E-state index in [1.165, 1.54) is 24.3 Å². The van der Waals surface area contributed by atoms with Crippen LogP contribution in [-0.2, 0) is 11.0 Å². The van der Waals surface area contributed by atoms with Crippen LogP contribution < -0.4 is 10.1 Å². The van der Waals surface area contributed by atoms with Crippen LogP contribution in [0.2, 0.25) is 5.02 Å². The standard InChI is InChI=1S/C19H13ClF3N3O3S/c1-18(28,9-29-13-4-5-16(25-10-30)15(20)7-13)17(27)26-12-3-2-11(8-24)14(6-12)19(21,22)23/h2-7,28H,9H2,1H3,(H,26,27)/t18-/m0/s1. The Morgan fingerprint density at radius 1 is 1.33 bits per heavy atom. The van der Waals surface area contributed by atoms with E-state index in [0.717, 1.165) is 19.1 Å². The van der Waals surface area contributed by atoms with Gasteiger partial charge >= 0.3 is 6.18 Å². The van der Waals surface area contributed by atoms with E-state index >= 15 is 0 Å². The fourth-order valence-electron chi connectivity index (χ4n) is 2.23. The predicted octanol–water partition coefficient (Wildman–Crippen LogP) is 4.73. The summed E-state index contributed by atoms with van der Waals surface area (Å²) in [5.74, 6) is -0.789. The molecule has 0 radical (unpaired) electrons. The molecule has 0 aromatic heterocycles. The highest BCUT2D eigenvalue weighted by Crippen LogP contribution is 2.34. The van der Waals surface area contributed by atoms with Gasteiger partial charge in [0, 0.05) is 11.8 Å². The monoisotopic (exact) mass is 455 g/mol. The Morgan fingerprint density at radius 3 is 2.60 bits per heavy atom. The second-order valence-electron chi connectivity index (χ2n) is 6.20. The maximum atomic E-state index is 13.0. The van der Waals surface area contributed by atoms with Crippen LogP contribution in [0.5, 0.6) is 5.75 Å². The summed E-state index contributed by atoms with van der Waals surface area (Å²) in [6.45, 7) is 0.608. The molecule has 1 atom stereocenters. The van der Waals surface area contributed by atoms with E-state index in [2.05, 4.69) is 27.7 Å². The van der Waals surface area contributed by atoms with E-state index in [1.54, 1.807) is 0 Å². The maximum Gasteiger partial charge on any atom is 0.417 e. The van der Waals surface area contributed by atoms with Gasteiger partial charge in [-0.15, -0.1) is 0 Å². The molecule has 0 aliphatic heterocycles. The molecule has 2 rings (SSSR count). The fraction of sp³-hybridized carbons (Fsp3) is 0.211. The zero-order valence-electron chi connectivity index (χ0n) is 15.2. The lowest BCUT2D eigenvalue weighted by atomic mass is 10.1. The highest BCUT2D eigenvalue weighted by atomic mass is 35.5. The van der Waals surface area contributed by atoms with Crippen molar-refractivity contribution in [3.05, 3.63) is 52.5 Å². The Hall–Kier alpha value is -2.96. The molecule has 0 aliphatic carbocycles. The summed E-state index contributed by atoms with van der Waals surface area (Å²) in [4.78, 5) is 16.1. The van der Waals surface area contributed by atoms with Gasteiger partial charge in [-0.05, 0) is 49.5 Å². The minimum atomic E-state index is -4.78. The van der Waals surface area contributed by atoms with E-state index in [4.69, 9.17) is 21.6 Å². The molecule has 0 saturated heterocycles. The van der Waals surface area contributed by atoms with Crippen molar-refractivity contribution in [2.45, 2.75) is 18.7 Å². The summed E-state index contributed by atoms with van der Waals surface area (Å²) in [6.07, 6.45) is -4.78. The number of isothiocyanates is 1. The molecule has 0 fully saturated rings. The van der Waals surface area contributed by atoms with Gasteiger partial charge in [0.25, 0.3) is 5.91 Å². The van der Waals surface area contributed by atoms with Gasteiger partial charge in [-0.25, -0.2) is 0 Å². The van der Waals surface area contributed by atoms with Crippen LogP contribution in [0.4, 0.5) is 24.5 Å². The summed E-state index contributed by atoms with van der Waals surface area (Å²) < 4.78 is 44.5. The molecule has 6 nitrogen and oxygen atoms in total. The topological polar surface area (TPSA) is 94.7 Å². The molecule has 1 amide bonds. The van der Waals surface area contributed by atoms with Gasteiger partial charge in [0.05, 0.1) is 33.1 Å². The first-order valence-corrected chi connectivity index (χ1v) is 8.92. The zero-order valence-corrected chi connectivity index (χ0v) is 16.8. The van der Waals surface area contributed by atoms with Crippen LogP contribution >= 0.6 is 23.8 Å². The van der Waals surface area contributed by atoms with Crippen LogP contribution in [0.1, 0.15) is 18.1 Å². The Bertz CT molecular complexity index is 1060. The van der Waals surface area contributed by atoms with Gasteiger partial charge in [-0.1, -0.05) is 11.6 Å². The molecule has 156 valence electrons. The second-order valence-corrected chi connectivity index (χ2v) is 6.79. The number of alkyl halides is 3. The number of nitriles is 1. The molecular weight excluding hydrogens is 443 g/mol.